The number of hydrogen-bond donors (Lipinski definition) is 1. The van der Waals surface area contributed by atoms with Crippen LogP contribution in [0.15, 0.2) is 17.5 Å². The topological polar surface area (TPSA) is 38.3 Å². The smallest absolute Gasteiger partial charge is 0.308 e. The zero-order valence-electron chi connectivity index (χ0n) is 11.0. The Morgan fingerprint density at radius 1 is 1.44 bits per heavy atom. The highest BCUT2D eigenvalue weighted by atomic mass is 32.1. The van der Waals surface area contributed by atoms with E-state index in [9.17, 15) is 4.79 Å². The van der Waals surface area contributed by atoms with Crippen molar-refractivity contribution in [2.45, 2.75) is 44.7 Å². The van der Waals surface area contributed by atoms with Gasteiger partial charge in [0.2, 0.25) is 0 Å². The first kappa shape index (κ1) is 13.6. The number of nitrogens with one attached hydrogen (secondary N) is 1. The van der Waals surface area contributed by atoms with E-state index in [2.05, 4.69) is 29.8 Å². The van der Waals surface area contributed by atoms with E-state index in [1.165, 1.54) is 12.0 Å². The highest BCUT2D eigenvalue weighted by Gasteiger charge is 2.27. The molecule has 1 N–H and O–H groups in total. The van der Waals surface area contributed by atoms with Gasteiger partial charge in [-0.25, -0.2) is 0 Å². The van der Waals surface area contributed by atoms with Crippen molar-refractivity contribution in [3.63, 3.8) is 0 Å². The van der Waals surface area contributed by atoms with E-state index in [1.54, 1.807) is 11.3 Å². The van der Waals surface area contributed by atoms with Crippen molar-refractivity contribution >= 4 is 17.3 Å². The van der Waals surface area contributed by atoms with Crippen LogP contribution >= 0.6 is 11.3 Å². The SMILES string of the molecule is COC(=O)C1CCC(NC(C)c2cccs2)CC1. The Kier molecular flexibility index (Phi) is 4.78. The van der Waals surface area contributed by atoms with Gasteiger partial charge in [0, 0.05) is 17.0 Å². The molecule has 0 radical (unpaired) electrons. The van der Waals surface area contributed by atoms with Gasteiger partial charge in [0.1, 0.15) is 0 Å². The van der Waals surface area contributed by atoms with Crippen molar-refractivity contribution in [3.8, 4) is 0 Å². The van der Waals surface area contributed by atoms with Gasteiger partial charge in [0.25, 0.3) is 0 Å². The molecule has 1 fully saturated rings. The summed E-state index contributed by atoms with van der Waals surface area (Å²) in [6, 6.07) is 5.20. The van der Waals surface area contributed by atoms with Crippen LogP contribution in [-0.4, -0.2) is 19.1 Å². The molecule has 0 spiro atoms. The molecule has 2 rings (SSSR count). The molecule has 4 heteroatoms. The molecule has 1 aromatic heterocycles. The van der Waals surface area contributed by atoms with Crippen LogP contribution < -0.4 is 5.32 Å². The number of rotatable bonds is 4. The van der Waals surface area contributed by atoms with Gasteiger partial charge < -0.3 is 10.1 Å². The maximum Gasteiger partial charge on any atom is 0.308 e. The van der Waals surface area contributed by atoms with Crippen LogP contribution in [0.3, 0.4) is 0 Å². The van der Waals surface area contributed by atoms with Crippen LogP contribution in [-0.2, 0) is 9.53 Å². The fraction of sp³-hybridized carbons (Fsp3) is 0.643. The predicted octanol–water partition coefficient (Wildman–Crippen LogP) is 3.13. The molecule has 18 heavy (non-hydrogen) atoms. The summed E-state index contributed by atoms with van der Waals surface area (Å²) in [5, 5.41) is 5.77. The molecule has 0 bridgehead atoms. The lowest BCUT2D eigenvalue weighted by atomic mass is 9.86. The Hall–Kier alpha value is -0.870. The van der Waals surface area contributed by atoms with Crippen molar-refractivity contribution in [2.75, 3.05) is 7.11 Å². The molecule has 0 aliphatic heterocycles. The standard InChI is InChI=1S/C14H21NO2S/c1-10(13-4-3-9-18-13)15-12-7-5-11(6-8-12)14(16)17-2/h3-4,9-12,15H,5-8H2,1-2H3. The highest BCUT2D eigenvalue weighted by Crippen LogP contribution is 2.27. The van der Waals surface area contributed by atoms with E-state index >= 15 is 0 Å². The van der Waals surface area contributed by atoms with E-state index in [4.69, 9.17) is 4.74 Å². The van der Waals surface area contributed by atoms with Crippen LogP contribution in [0.2, 0.25) is 0 Å². The molecule has 1 unspecified atom stereocenters. The minimum absolute atomic E-state index is 0.0419. The Balaban J connectivity index is 1.78. The zero-order chi connectivity index (χ0) is 13.0. The Labute approximate surface area is 113 Å². The molecule has 1 saturated carbocycles. The van der Waals surface area contributed by atoms with E-state index in [0.29, 0.717) is 12.1 Å². The van der Waals surface area contributed by atoms with E-state index in [-0.39, 0.29) is 11.9 Å². The lowest BCUT2D eigenvalue weighted by Gasteiger charge is -2.29. The third-order valence-corrected chi connectivity index (χ3v) is 4.77. The summed E-state index contributed by atoms with van der Waals surface area (Å²) in [5.74, 6) is 0.0739. The molecule has 0 aromatic carbocycles. The van der Waals surface area contributed by atoms with Crippen LogP contribution in [0, 0.1) is 5.92 Å². The molecule has 1 heterocycles. The van der Waals surface area contributed by atoms with Crippen molar-refractivity contribution in [3.05, 3.63) is 22.4 Å². The average Bonchev–Trinajstić information content (AvgIpc) is 2.92. The summed E-state index contributed by atoms with van der Waals surface area (Å²) >= 11 is 1.79. The summed E-state index contributed by atoms with van der Waals surface area (Å²) in [6.07, 6.45) is 4.02. The van der Waals surface area contributed by atoms with Crippen LogP contribution in [0.4, 0.5) is 0 Å². The van der Waals surface area contributed by atoms with Crippen LogP contribution in [0.25, 0.3) is 0 Å². The molecule has 1 atom stereocenters. The van der Waals surface area contributed by atoms with Gasteiger partial charge in [-0.3, -0.25) is 4.79 Å². The maximum absolute atomic E-state index is 11.4. The summed E-state index contributed by atoms with van der Waals surface area (Å²) in [7, 11) is 1.48. The fourth-order valence-corrected chi connectivity index (χ4v) is 3.38. The second-order valence-electron chi connectivity index (χ2n) is 4.98. The van der Waals surface area contributed by atoms with E-state index < -0.39 is 0 Å². The first-order valence-corrected chi connectivity index (χ1v) is 7.46. The molecular formula is C14H21NO2S. The summed E-state index contributed by atoms with van der Waals surface area (Å²) in [6.45, 7) is 2.21. The Bertz CT molecular complexity index is 369. The van der Waals surface area contributed by atoms with E-state index in [1.807, 2.05) is 0 Å². The third kappa shape index (κ3) is 3.33. The molecule has 1 aliphatic rings. The van der Waals surface area contributed by atoms with Crippen molar-refractivity contribution in [2.24, 2.45) is 5.92 Å². The number of carbonyl (C=O) groups is 1. The zero-order valence-corrected chi connectivity index (χ0v) is 11.8. The number of carbonyl (C=O) groups excluding carboxylic acids is 1. The summed E-state index contributed by atoms with van der Waals surface area (Å²) < 4.78 is 4.81. The molecule has 0 saturated heterocycles. The number of ether oxygens (including phenoxy) is 1. The fourth-order valence-electron chi connectivity index (χ4n) is 2.64. The molecule has 0 amide bonds. The second kappa shape index (κ2) is 6.34. The van der Waals surface area contributed by atoms with Gasteiger partial charge >= 0.3 is 5.97 Å². The van der Waals surface area contributed by atoms with Crippen molar-refractivity contribution in [1.29, 1.82) is 0 Å². The van der Waals surface area contributed by atoms with Crippen LogP contribution in [0.5, 0.6) is 0 Å². The first-order chi connectivity index (χ1) is 8.70. The van der Waals surface area contributed by atoms with Gasteiger partial charge in [0.05, 0.1) is 13.0 Å². The van der Waals surface area contributed by atoms with Crippen LogP contribution in [0.1, 0.15) is 43.5 Å². The lowest BCUT2D eigenvalue weighted by Crippen LogP contribution is -2.36. The van der Waals surface area contributed by atoms with Gasteiger partial charge in [-0.15, -0.1) is 11.3 Å². The Morgan fingerprint density at radius 2 is 2.17 bits per heavy atom. The highest BCUT2D eigenvalue weighted by molar-refractivity contribution is 7.10. The second-order valence-corrected chi connectivity index (χ2v) is 5.95. The third-order valence-electron chi connectivity index (χ3n) is 3.72. The van der Waals surface area contributed by atoms with Gasteiger partial charge in [-0.05, 0) is 44.1 Å². The molecule has 1 aromatic rings. The number of hydrogen-bond acceptors (Lipinski definition) is 4. The normalized spacial score (nSPS) is 25.7. The predicted molar refractivity (Wildman–Crippen MR) is 73.6 cm³/mol. The quantitative estimate of drug-likeness (QED) is 0.852. The first-order valence-electron chi connectivity index (χ1n) is 6.58. The number of methoxy groups -OCH3 is 1. The largest absolute Gasteiger partial charge is 0.469 e. The molecule has 1 aliphatic carbocycles. The number of esters is 1. The average molecular weight is 267 g/mol. The summed E-state index contributed by atoms with van der Waals surface area (Å²) in [5.41, 5.74) is 0. The van der Waals surface area contributed by atoms with E-state index in [0.717, 1.165) is 25.7 Å². The molecule has 100 valence electrons. The minimum Gasteiger partial charge on any atom is -0.469 e. The molecular weight excluding hydrogens is 246 g/mol. The minimum atomic E-state index is -0.0419. The molecule has 3 nitrogen and oxygen atoms in total. The number of thiophene rings is 1. The maximum atomic E-state index is 11.4. The lowest BCUT2D eigenvalue weighted by molar-refractivity contribution is -0.146. The van der Waals surface area contributed by atoms with Gasteiger partial charge in [0.15, 0.2) is 0 Å². The van der Waals surface area contributed by atoms with Gasteiger partial charge in [-0.2, -0.15) is 0 Å². The Morgan fingerprint density at radius 3 is 2.72 bits per heavy atom. The van der Waals surface area contributed by atoms with Gasteiger partial charge in [-0.1, -0.05) is 6.07 Å². The van der Waals surface area contributed by atoms with Crippen molar-refractivity contribution < 1.29 is 9.53 Å². The summed E-state index contributed by atoms with van der Waals surface area (Å²) in [4.78, 5) is 12.8. The monoisotopic (exact) mass is 267 g/mol. The van der Waals surface area contributed by atoms with Crippen molar-refractivity contribution in [1.82, 2.24) is 5.32 Å².